The van der Waals surface area contributed by atoms with E-state index < -0.39 is 4.92 Å². The van der Waals surface area contributed by atoms with E-state index in [4.69, 9.17) is 9.26 Å². The predicted octanol–water partition coefficient (Wildman–Crippen LogP) is 4.03. The Balaban J connectivity index is 1.59. The van der Waals surface area contributed by atoms with Crippen molar-refractivity contribution in [3.63, 3.8) is 0 Å². The molecule has 0 N–H and O–H groups in total. The fourth-order valence-corrected chi connectivity index (χ4v) is 3.17. The van der Waals surface area contributed by atoms with Gasteiger partial charge in [0.1, 0.15) is 6.61 Å². The highest BCUT2D eigenvalue weighted by Gasteiger charge is 2.20. The molecule has 0 aliphatic rings. The van der Waals surface area contributed by atoms with Crippen LogP contribution in [0.25, 0.3) is 11.4 Å². The second-order valence-corrected chi connectivity index (χ2v) is 7.39. The Morgan fingerprint density at radius 3 is 2.72 bits per heavy atom. The molecule has 1 aromatic heterocycles. The Labute approximate surface area is 186 Å². The molecule has 32 heavy (non-hydrogen) atoms. The fourth-order valence-electron chi connectivity index (χ4n) is 3.17. The van der Waals surface area contributed by atoms with E-state index in [0.29, 0.717) is 31.0 Å². The summed E-state index contributed by atoms with van der Waals surface area (Å²) in [6.07, 6.45) is 1.17. The van der Waals surface area contributed by atoms with Crippen LogP contribution in [0, 0.1) is 10.1 Å². The van der Waals surface area contributed by atoms with E-state index in [1.54, 1.807) is 17.0 Å². The lowest BCUT2D eigenvalue weighted by Gasteiger charge is -2.28. The Bertz CT molecular complexity index is 1040. The Morgan fingerprint density at radius 2 is 2.00 bits per heavy atom. The van der Waals surface area contributed by atoms with E-state index in [2.05, 4.69) is 10.1 Å². The van der Waals surface area contributed by atoms with Crippen molar-refractivity contribution in [1.82, 2.24) is 15.0 Å². The number of carbonyl (C=O) groups excluding carboxylic acids is 1. The van der Waals surface area contributed by atoms with Gasteiger partial charge in [-0.1, -0.05) is 54.5 Å². The summed E-state index contributed by atoms with van der Waals surface area (Å²) in [4.78, 5) is 29.3. The van der Waals surface area contributed by atoms with Crippen molar-refractivity contribution in [2.45, 2.75) is 39.3 Å². The first-order chi connectivity index (χ1) is 15.5. The van der Waals surface area contributed by atoms with E-state index in [9.17, 15) is 14.9 Å². The SMILES string of the molecule is CCC(C)N(CCc1nc(-c2cccc([N+](=O)[O-])c2)no1)C(=O)COCc1ccccc1. The van der Waals surface area contributed by atoms with Crippen LogP contribution in [-0.2, 0) is 22.6 Å². The topological polar surface area (TPSA) is 112 Å². The fraction of sp³-hybridized carbons (Fsp3) is 0.348. The van der Waals surface area contributed by atoms with Crippen molar-refractivity contribution in [2.24, 2.45) is 0 Å². The molecule has 0 fully saturated rings. The number of amides is 1. The lowest BCUT2D eigenvalue weighted by Crippen LogP contribution is -2.41. The van der Waals surface area contributed by atoms with Gasteiger partial charge in [-0.2, -0.15) is 4.98 Å². The van der Waals surface area contributed by atoms with Gasteiger partial charge >= 0.3 is 0 Å². The summed E-state index contributed by atoms with van der Waals surface area (Å²) in [6.45, 7) is 4.76. The van der Waals surface area contributed by atoms with Gasteiger partial charge in [0.15, 0.2) is 0 Å². The summed E-state index contributed by atoms with van der Waals surface area (Å²) in [5.74, 6) is 0.530. The number of nitro groups is 1. The Hall–Kier alpha value is -3.59. The third-order valence-electron chi connectivity index (χ3n) is 5.13. The minimum Gasteiger partial charge on any atom is -0.367 e. The molecule has 0 aliphatic heterocycles. The van der Waals surface area contributed by atoms with Crippen LogP contribution in [0.2, 0.25) is 0 Å². The molecular weight excluding hydrogens is 412 g/mol. The molecular formula is C23H26N4O5. The van der Waals surface area contributed by atoms with Crippen LogP contribution in [0.1, 0.15) is 31.7 Å². The molecule has 1 atom stereocenters. The molecule has 0 aliphatic carbocycles. The van der Waals surface area contributed by atoms with Crippen molar-refractivity contribution >= 4 is 11.6 Å². The van der Waals surface area contributed by atoms with Gasteiger partial charge in [0.2, 0.25) is 17.6 Å². The Kier molecular flexibility index (Phi) is 8.04. The van der Waals surface area contributed by atoms with E-state index in [0.717, 1.165) is 12.0 Å². The smallest absolute Gasteiger partial charge is 0.270 e. The first-order valence-corrected chi connectivity index (χ1v) is 10.5. The van der Waals surface area contributed by atoms with Gasteiger partial charge in [0, 0.05) is 36.7 Å². The highest BCUT2D eigenvalue weighted by molar-refractivity contribution is 5.77. The maximum Gasteiger partial charge on any atom is 0.270 e. The molecule has 3 aromatic rings. The maximum atomic E-state index is 12.8. The summed E-state index contributed by atoms with van der Waals surface area (Å²) >= 11 is 0. The zero-order valence-electron chi connectivity index (χ0n) is 18.1. The molecule has 0 saturated carbocycles. The van der Waals surface area contributed by atoms with E-state index in [1.165, 1.54) is 12.1 Å². The molecule has 2 aromatic carbocycles. The summed E-state index contributed by atoms with van der Waals surface area (Å²) in [7, 11) is 0. The van der Waals surface area contributed by atoms with Gasteiger partial charge in [-0.3, -0.25) is 14.9 Å². The molecule has 9 heteroatoms. The molecule has 0 radical (unpaired) electrons. The molecule has 3 rings (SSSR count). The highest BCUT2D eigenvalue weighted by atomic mass is 16.6. The summed E-state index contributed by atoms with van der Waals surface area (Å²) in [5.41, 5.74) is 1.46. The molecule has 168 valence electrons. The number of rotatable bonds is 11. The van der Waals surface area contributed by atoms with Crippen LogP contribution in [0.5, 0.6) is 0 Å². The zero-order valence-corrected chi connectivity index (χ0v) is 18.1. The van der Waals surface area contributed by atoms with Gasteiger partial charge < -0.3 is 14.2 Å². The van der Waals surface area contributed by atoms with Crippen molar-refractivity contribution < 1.29 is 19.0 Å². The second kappa shape index (κ2) is 11.1. The number of hydrogen-bond donors (Lipinski definition) is 0. The monoisotopic (exact) mass is 438 g/mol. The standard InChI is InChI=1S/C23H26N4O5/c1-3-17(2)26(22(28)16-31-15-18-8-5-4-6-9-18)13-12-21-24-23(25-32-21)19-10-7-11-20(14-19)27(29)30/h4-11,14,17H,3,12-13,15-16H2,1-2H3. The first-order valence-electron chi connectivity index (χ1n) is 10.5. The number of benzene rings is 2. The average molecular weight is 438 g/mol. The van der Waals surface area contributed by atoms with Gasteiger partial charge in [0.05, 0.1) is 11.5 Å². The van der Waals surface area contributed by atoms with E-state index in [1.807, 2.05) is 44.2 Å². The Morgan fingerprint density at radius 1 is 1.22 bits per heavy atom. The highest BCUT2D eigenvalue weighted by Crippen LogP contribution is 2.21. The van der Waals surface area contributed by atoms with E-state index in [-0.39, 0.29) is 30.1 Å². The molecule has 1 unspecified atom stereocenters. The lowest BCUT2D eigenvalue weighted by atomic mass is 10.2. The van der Waals surface area contributed by atoms with E-state index >= 15 is 0 Å². The lowest BCUT2D eigenvalue weighted by molar-refractivity contribution is -0.384. The van der Waals surface area contributed by atoms with Gasteiger partial charge in [-0.15, -0.1) is 0 Å². The number of hydrogen-bond acceptors (Lipinski definition) is 7. The quantitative estimate of drug-likeness (QED) is 0.328. The summed E-state index contributed by atoms with van der Waals surface area (Å²) < 4.78 is 10.9. The molecule has 0 spiro atoms. The van der Waals surface area contributed by atoms with Gasteiger partial charge in [-0.05, 0) is 18.9 Å². The van der Waals surface area contributed by atoms with Gasteiger partial charge in [-0.25, -0.2) is 0 Å². The van der Waals surface area contributed by atoms with Crippen molar-refractivity contribution in [3.05, 3.63) is 76.2 Å². The number of ether oxygens (including phenoxy) is 1. The zero-order chi connectivity index (χ0) is 22.9. The third kappa shape index (κ3) is 6.21. The van der Waals surface area contributed by atoms with Crippen LogP contribution in [-0.4, -0.2) is 45.1 Å². The second-order valence-electron chi connectivity index (χ2n) is 7.39. The summed E-state index contributed by atoms with van der Waals surface area (Å²) in [5, 5.41) is 14.9. The van der Waals surface area contributed by atoms with Crippen molar-refractivity contribution in [1.29, 1.82) is 0 Å². The molecule has 0 bridgehead atoms. The number of carbonyl (C=O) groups is 1. The number of nitro benzene ring substituents is 1. The van der Waals surface area contributed by atoms with Crippen molar-refractivity contribution in [2.75, 3.05) is 13.2 Å². The van der Waals surface area contributed by atoms with Crippen molar-refractivity contribution in [3.8, 4) is 11.4 Å². The van der Waals surface area contributed by atoms with Crippen LogP contribution in [0.4, 0.5) is 5.69 Å². The minimum absolute atomic E-state index is 0.0119. The average Bonchev–Trinajstić information content (AvgIpc) is 3.29. The van der Waals surface area contributed by atoms with Crippen LogP contribution in [0.3, 0.4) is 0 Å². The van der Waals surface area contributed by atoms with Crippen LogP contribution < -0.4 is 0 Å². The molecule has 1 amide bonds. The first kappa shape index (κ1) is 23.1. The number of non-ortho nitro benzene ring substituents is 1. The molecule has 1 heterocycles. The third-order valence-corrected chi connectivity index (χ3v) is 5.13. The van der Waals surface area contributed by atoms with Crippen LogP contribution in [0.15, 0.2) is 59.1 Å². The maximum absolute atomic E-state index is 12.8. The number of nitrogens with zero attached hydrogens (tertiary/aromatic N) is 4. The van der Waals surface area contributed by atoms with Gasteiger partial charge in [0.25, 0.3) is 5.69 Å². The minimum atomic E-state index is -0.472. The van der Waals surface area contributed by atoms with Crippen LogP contribution >= 0.6 is 0 Å². The summed E-state index contributed by atoms with van der Waals surface area (Å²) in [6, 6.07) is 15.8. The molecule has 0 saturated heterocycles. The largest absolute Gasteiger partial charge is 0.367 e. The normalized spacial score (nSPS) is 11.8. The number of aromatic nitrogens is 2. The predicted molar refractivity (Wildman–Crippen MR) is 118 cm³/mol. The molecule has 9 nitrogen and oxygen atoms in total.